The zero-order valence-corrected chi connectivity index (χ0v) is 33.5. The van der Waals surface area contributed by atoms with E-state index in [0.717, 1.165) is 22.5 Å². The van der Waals surface area contributed by atoms with Gasteiger partial charge in [0.2, 0.25) is 0 Å². The molecule has 0 saturated carbocycles. The summed E-state index contributed by atoms with van der Waals surface area (Å²) in [7, 11) is 0. The minimum atomic E-state index is -0.162. The first-order valence-corrected chi connectivity index (χ1v) is 20.3. The van der Waals surface area contributed by atoms with Gasteiger partial charge in [-0.2, -0.15) is 0 Å². The van der Waals surface area contributed by atoms with E-state index in [0.29, 0.717) is 0 Å². The van der Waals surface area contributed by atoms with Crippen molar-refractivity contribution in [2.75, 3.05) is 0 Å². The van der Waals surface area contributed by atoms with Crippen molar-refractivity contribution in [2.24, 2.45) is 0 Å². The molecular weight excluding hydrogens is 701 g/mol. The quantitative estimate of drug-likeness (QED) is 0.150. The van der Waals surface area contributed by atoms with Crippen molar-refractivity contribution in [1.82, 2.24) is 9.13 Å². The molecule has 58 heavy (non-hydrogen) atoms. The number of hydrogen-bond acceptors (Lipinski definition) is 0. The number of fused-ring (bicyclic) bond motifs is 10. The lowest BCUT2D eigenvalue weighted by molar-refractivity contribution is 0.659. The Morgan fingerprint density at radius 3 is 1.28 bits per heavy atom. The fourth-order valence-corrected chi connectivity index (χ4v) is 10.3. The lowest BCUT2D eigenvalue weighted by Crippen LogP contribution is -2.15. The molecule has 0 fully saturated rings. The van der Waals surface area contributed by atoms with E-state index in [1.165, 1.54) is 88.5 Å². The van der Waals surface area contributed by atoms with Crippen LogP contribution in [0.2, 0.25) is 0 Å². The predicted molar refractivity (Wildman–Crippen MR) is 248 cm³/mol. The van der Waals surface area contributed by atoms with Crippen LogP contribution < -0.4 is 0 Å². The van der Waals surface area contributed by atoms with Gasteiger partial charge in [0.1, 0.15) is 0 Å². The molecule has 11 rings (SSSR count). The summed E-state index contributed by atoms with van der Waals surface area (Å²) in [6.45, 7) is 17.8. The Morgan fingerprint density at radius 2 is 0.810 bits per heavy atom. The smallest absolute Gasteiger partial charge is 0.0541 e. The predicted octanol–water partition coefficient (Wildman–Crippen LogP) is 14.8. The summed E-state index contributed by atoms with van der Waals surface area (Å²) < 4.78 is 4.75. The number of hydrogen-bond donors (Lipinski definition) is 0. The van der Waals surface area contributed by atoms with Gasteiger partial charge in [-0.05, 0) is 104 Å². The van der Waals surface area contributed by atoms with E-state index in [9.17, 15) is 0 Å². The Hall–Kier alpha value is -6.90. The summed E-state index contributed by atoms with van der Waals surface area (Å²) in [4.78, 5) is 0. The van der Waals surface area contributed by atoms with Crippen LogP contribution in [0.25, 0.3) is 90.6 Å². The SMILES string of the molecule is C=Cc1c(C=C)n(-c2ccc3c(c2)C(C)(C)c2cc(C=Cc4ccc5c(c4)C(C)(C)c4cc(-n6c7ccccc7c7ccccc76)ccc4-5)ccc2-3)c2ccccc12. The van der Waals surface area contributed by atoms with Gasteiger partial charge in [0.15, 0.2) is 0 Å². The van der Waals surface area contributed by atoms with Gasteiger partial charge in [-0.3, -0.25) is 0 Å². The molecule has 0 saturated heterocycles. The highest BCUT2D eigenvalue weighted by atomic mass is 15.0. The van der Waals surface area contributed by atoms with E-state index in [1.807, 2.05) is 12.2 Å². The van der Waals surface area contributed by atoms with Crippen LogP contribution in [0.15, 0.2) is 159 Å². The maximum absolute atomic E-state index is 4.19. The number of aromatic nitrogens is 2. The van der Waals surface area contributed by atoms with Gasteiger partial charge >= 0.3 is 0 Å². The van der Waals surface area contributed by atoms with Crippen molar-refractivity contribution >= 4 is 57.0 Å². The van der Waals surface area contributed by atoms with E-state index in [2.05, 4.69) is 208 Å². The molecule has 0 aliphatic heterocycles. The van der Waals surface area contributed by atoms with Crippen LogP contribution >= 0.6 is 0 Å². The highest BCUT2D eigenvalue weighted by Crippen LogP contribution is 2.51. The molecule has 2 heteroatoms. The average molecular weight is 745 g/mol. The zero-order chi connectivity index (χ0) is 39.5. The van der Waals surface area contributed by atoms with E-state index >= 15 is 0 Å². The van der Waals surface area contributed by atoms with Gasteiger partial charge in [-0.15, -0.1) is 0 Å². The maximum Gasteiger partial charge on any atom is 0.0541 e. The largest absolute Gasteiger partial charge is 0.309 e. The molecule has 7 aromatic carbocycles. The van der Waals surface area contributed by atoms with E-state index in [1.54, 1.807) is 0 Å². The Kier molecular flexibility index (Phi) is 7.29. The van der Waals surface area contributed by atoms with Crippen LogP contribution in [-0.4, -0.2) is 9.13 Å². The standard InChI is InChI=1S/C56H44N2/c1-7-39-44-15-9-12-18-52(44)57(51(39)8-2)37-25-29-42-40-27-23-35(31-47(40)55(3,4)49(42)33-37)21-22-36-24-28-41-43-30-26-38(34-50(43)56(5,6)48(41)32-36)58-53-19-13-10-16-45(53)46-17-11-14-20-54(46)58/h7-34H,1-2H2,3-6H3. The van der Waals surface area contributed by atoms with Crippen LogP contribution in [0.4, 0.5) is 0 Å². The number of benzene rings is 7. The molecule has 2 aliphatic carbocycles. The minimum absolute atomic E-state index is 0.141. The molecule has 0 bridgehead atoms. The monoisotopic (exact) mass is 744 g/mol. The Morgan fingerprint density at radius 1 is 0.414 bits per heavy atom. The van der Waals surface area contributed by atoms with Crippen LogP contribution in [0.5, 0.6) is 0 Å². The van der Waals surface area contributed by atoms with Gasteiger partial charge in [0.25, 0.3) is 0 Å². The van der Waals surface area contributed by atoms with E-state index in [-0.39, 0.29) is 10.8 Å². The number of para-hydroxylation sites is 3. The second-order valence-electron chi connectivity index (χ2n) is 17.1. The van der Waals surface area contributed by atoms with Crippen molar-refractivity contribution in [2.45, 2.75) is 38.5 Å². The van der Waals surface area contributed by atoms with Gasteiger partial charge in [0.05, 0.1) is 22.2 Å². The van der Waals surface area contributed by atoms with Crippen molar-refractivity contribution < 1.29 is 0 Å². The van der Waals surface area contributed by atoms with Crippen LogP contribution in [0, 0.1) is 0 Å². The molecule has 0 amide bonds. The third kappa shape index (κ3) is 4.72. The minimum Gasteiger partial charge on any atom is -0.309 e. The molecule has 2 aromatic heterocycles. The van der Waals surface area contributed by atoms with E-state index < -0.39 is 0 Å². The summed E-state index contributed by atoms with van der Waals surface area (Å²) in [5.41, 5.74) is 21.0. The summed E-state index contributed by atoms with van der Waals surface area (Å²) in [5.74, 6) is 0. The third-order valence-corrected chi connectivity index (χ3v) is 13.3. The fourth-order valence-electron chi connectivity index (χ4n) is 10.3. The highest BCUT2D eigenvalue weighted by Gasteiger charge is 2.37. The Labute approximate surface area is 340 Å². The summed E-state index contributed by atoms with van der Waals surface area (Å²) in [5, 5.41) is 3.76. The summed E-state index contributed by atoms with van der Waals surface area (Å²) >= 11 is 0. The lowest BCUT2D eigenvalue weighted by atomic mass is 9.81. The topological polar surface area (TPSA) is 9.86 Å². The molecule has 0 N–H and O–H groups in total. The van der Waals surface area contributed by atoms with Crippen molar-refractivity contribution in [3.05, 3.63) is 203 Å². The first-order valence-electron chi connectivity index (χ1n) is 20.3. The molecule has 2 aliphatic rings. The molecule has 2 heterocycles. The number of rotatable bonds is 6. The first-order chi connectivity index (χ1) is 28.2. The summed E-state index contributed by atoms with van der Waals surface area (Å²) in [6.07, 6.45) is 8.46. The molecule has 0 spiro atoms. The van der Waals surface area contributed by atoms with Crippen LogP contribution in [-0.2, 0) is 10.8 Å². The Bertz CT molecular complexity index is 3210. The second-order valence-corrected chi connectivity index (χ2v) is 17.1. The molecule has 9 aromatic rings. The fraction of sp³-hybridized carbons (Fsp3) is 0.107. The third-order valence-electron chi connectivity index (χ3n) is 13.3. The zero-order valence-electron chi connectivity index (χ0n) is 33.5. The van der Waals surface area contributed by atoms with Crippen molar-refractivity contribution in [3.8, 4) is 33.6 Å². The average Bonchev–Trinajstić information content (AvgIpc) is 3.91. The molecule has 278 valence electrons. The number of nitrogens with zero attached hydrogens (tertiary/aromatic N) is 2. The molecule has 0 atom stereocenters. The Balaban J connectivity index is 0.913. The summed E-state index contributed by atoms with van der Waals surface area (Å²) in [6, 6.07) is 54.0. The van der Waals surface area contributed by atoms with Crippen molar-refractivity contribution in [1.29, 1.82) is 0 Å². The molecule has 0 radical (unpaired) electrons. The van der Waals surface area contributed by atoms with Crippen LogP contribution in [0.3, 0.4) is 0 Å². The normalized spacial score (nSPS) is 14.6. The van der Waals surface area contributed by atoms with Gasteiger partial charge in [0, 0.05) is 43.9 Å². The molecule has 2 nitrogen and oxygen atoms in total. The first kappa shape index (κ1) is 34.4. The lowest BCUT2D eigenvalue weighted by Gasteiger charge is -2.23. The molecular formula is C56H44N2. The van der Waals surface area contributed by atoms with Gasteiger partial charge in [-0.25, -0.2) is 0 Å². The van der Waals surface area contributed by atoms with Gasteiger partial charge < -0.3 is 9.13 Å². The van der Waals surface area contributed by atoms with E-state index in [4.69, 9.17) is 0 Å². The maximum atomic E-state index is 4.19. The van der Waals surface area contributed by atoms with Crippen molar-refractivity contribution in [3.63, 3.8) is 0 Å². The second kappa shape index (κ2) is 12.3. The van der Waals surface area contributed by atoms with Crippen LogP contribution in [0.1, 0.15) is 72.3 Å². The molecule has 0 unspecified atom stereocenters. The van der Waals surface area contributed by atoms with Gasteiger partial charge in [-0.1, -0.05) is 162 Å². The highest BCUT2D eigenvalue weighted by molar-refractivity contribution is 6.09.